The molecular weight excluding hydrogens is 226 g/mol. The van der Waals surface area contributed by atoms with Crippen molar-refractivity contribution in [3.8, 4) is 0 Å². The molecule has 3 rings (SSSR count). The summed E-state index contributed by atoms with van der Waals surface area (Å²) in [4.78, 5) is 18.7. The number of piperidine rings is 1. The molecule has 1 saturated heterocycles. The Kier molecular flexibility index (Phi) is 2.78. The van der Waals surface area contributed by atoms with Crippen molar-refractivity contribution in [3.05, 3.63) is 36.3 Å². The topological polar surface area (TPSA) is 37.6 Å². The van der Waals surface area contributed by atoms with E-state index in [0.29, 0.717) is 5.56 Å². The van der Waals surface area contributed by atoms with Gasteiger partial charge in [0, 0.05) is 31.7 Å². The predicted molar refractivity (Wildman–Crippen MR) is 69.5 cm³/mol. The molecule has 0 bridgehead atoms. The summed E-state index contributed by atoms with van der Waals surface area (Å²) in [7, 11) is 0. The third-order valence-electron chi connectivity index (χ3n) is 3.72. The fraction of sp³-hybridized carbons (Fsp3) is 0.429. The van der Waals surface area contributed by atoms with Gasteiger partial charge in [0.2, 0.25) is 0 Å². The fourth-order valence-corrected chi connectivity index (χ4v) is 2.50. The van der Waals surface area contributed by atoms with Crippen molar-refractivity contribution in [1.29, 1.82) is 0 Å². The van der Waals surface area contributed by atoms with Gasteiger partial charge in [0.25, 0.3) is 5.91 Å². The number of carbonyl (C=O) groups excluding carboxylic acids is 1. The van der Waals surface area contributed by atoms with Gasteiger partial charge in [-0.05, 0) is 30.9 Å². The largest absolute Gasteiger partial charge is 0.339 e. The lowest BCUT2D eigenvalue weighted by Gasteiger charge is -2.30. The highest BCUT2D eigenvalue weighted by atomic mass is 16.2. The van der Waals surface area contributed by atoms with E-state index in [9.17, 15) is 4.79 Å². The van der Waals surface area contributed by atoms with Crippen LogP contribution in [-0.2, 0) is 0 Å². The van der Waals surface area contributed by atoms with Crippen LogP contribution in [0.5, 0.6) is 0 Å². The second-order valence-corrected chi connectivity index (χ2v) is 5.05. The molecule has 1 aliphatic rings. The third kappa shape index (κ3) is 1.88. The van der Waals surface area contributed by atoms with Crippen LogP contribution in [-0.4, -0.2) is 33.3 Å². The van der Waals surface area contributed by atoms with Gasteiger partial charge in [-0.1, -0.05) is 6.92 Å². The molecule has 0 spiro atoms. The zero-order valence-corrected chi connectivity index (χ0v) is 10.5. The van der Waals surface area contributed by atoms with Gasteiger partial charge in [-0.15, -0.1) is 0 Å². The lowest BCUT2D eigenvalue weighted by Crippen LogP contribution is -2.38. The van der Waals surface area contributed by atoms with Gasteiger partial charge < -0.3 is 9.30 Å². The standard InChI is InChI=1S/C14H17N3O/c1-11-4-8-17(9-5-11)14(18)12-3-2-7-16-10-6-15-13(12)16/h2-3,6-7,10-11H,4-5,8-9H2,1H3. The molecule has 3 heterocycles. The molecule has 0 unspecified atom stereocenters. The van der Waals surface area contributed by atoms with E-state index in [1.54, 1.807) is 6.20 Å². The summed E-state index contributed by atoms with van der Waals surface area (Å²) < 4.78 is 1.89. The number of rotatable bonds is 1. The lowest BCUT2D eigenvalue weighted by molar-refractivity contribution is 0.0698. The van der Waals surface area contributed by atoms with Crippen LogP contribution in [0.2, 0.25) is 0 Å². The number of carbonyl (C=O) groups is 1. The Hall–Kier alpha value is -1.84. The molecule has 4 nitrogen and oxygen atoms in total. The number of fused-ring (bicyclic) bond motifs is 1. The number of aromatic nitrogens is 2. The molecule has 2 aromatic heterocycles. The number of amides is 1. The number of hydrogen-bond donors (Lipinski definition) is 0. The van der Waals surface area contributed by atoms with Gasteiger partial charge in [0.15, 0.2) is 0 Å². The molecule has 18 heavy (non-hydrogen) atoms. The van der Waals surface area contributed by atoms with Crippen LogP contribution < -0.4 is 0 Å². The SMILES string of the molecule is CC1CCN(C(=O)c2cccn3ccnc23)CC1. The highest BCUT2D eigenvalue weighted by Crippen LogP contribution is 2.19. The maximum Gasteiger partial charge on any atom is 0.257 e. The molecule has 0 aliphatic carbocycles. The van der Waals surface area contributed by atoms with E-state index < -0.39 is 0 Å². The van der Waals surface area contributed by atoms with Crippen LogP contribution in [0.25, 0.3) is 5.65 Å². The summed E-state index contributed by atoms with van der Waals surface area (Å²) in [5.41, 5.74) is 1.46. The van der Waals surface area contributed by atoms with Crippen LogP contribution in [0.3, 0.4) is 0 Å². The van der Waals surface area contributed by atoms with Gasteiger partial charge in [0.1, 0.15) is 5.65 Å². The molecule has 0 atom stereocenters. The van der Waals surface area contributed by atoms with E-state index in [2.05, 4.69) is 11.9 Å². The predicted octanol–water partition coefficient (Wildman–Crippen LogP) is 2.21. The van der Waals surface area contributed by atoms with Crippen molar-refractivity contribution in [2.45, 2.75) is 19.8 Å². The maximum absolute atomic E-state index is 12.5. The van der Waals surface area contributed by atoms with Crippen molar-refractivity contribution in [2.24, 2.45) is 5.92 Å². The van der Waals surface area contributed by atoms with Crippen molar-refractivity contribution < 1.29 is 4.79 Å². The van der Waals surface area contributed by atoms with Gasteiger partial charge in [0.05, 0.1) is 5.56 Å². The Morgan fingerprint density at radius 2 is 2.11 bits per heavy atom. The number of likely N-dealkylation sites (tertiary alicyclic amines) is 1. The van der Waals surface area contributed by atoms with E-state index in [1.165, 1.54) is 0 Å². The zero-order chi connectivity index (χ0) is 12.5. The molecule has 94 valence electrons. The number of pyridine rings is 1. The second-order valence-electron chi connectivity index (χ2n) is 5.05. The molecule has 1 fully saturated rings. The first-order chi connectivity index (χ1) is 8.75. The van der Waals surface area contributed by atoms with Crippen molar-refractivity contribution >= 4 is 11.6 Å². The molecule has 1 aliphatic heterocycles. The van der Waals surface area contributed by atoms with Crippen molar-refractivity contribution in [2.75, 3.05) is 13.1 Å². The number of imidazole rings is 1. The monoisotopic (exact) mass is 243 g/mol. The molecule has 0 aromatic carbocycles. The van der Waals surface area contributed by atoms with E-state index >= 15 is 0 Å². The molecule has 1 amide bonds. The fourth-order valence-electron chi connectivity index (χ4n) is 2.50. The Balaban J connectivity index is 1.90. The summed E-state index contributed by atoms with van der Waals surface area (Å²) in [6.45, 7) is 3.97. The van der Waals surface area contributed by atoms with E-state index in [0.717, 1.165) is 37.5 Å². The Morgan fingerprint density at radius 3 is 2.89 bits per heavy atom. The highest BCUT2D eigenvalue weighted by molar-refractivity contribution is 5.99. The smallest absolute Gasteiger partial charge is 0.257 e. The Labute approximate surface area is 106 Å². The van der Waals surface area contributed by atoms with Gasteiger partial charge in [-0.2, -0.15) is 0 Å². The molecule has 0 N–H and O–H groups in total. The third-order valence-corrected chi connectivity index (χ3v) is 3.72. The first kappa shape index (κ1) is 11.3. The molecular formula is C14H17N3O. The van der Waals surface area contributed by atoms with E-state index in [4.69, 9.17) is 0 Å². The first-order valence-corrected chi connectivity index (χ1v) is 6.46. The average Bonchev–Trinajstić information content (AvgIpc) is 2.87. The summed E-state index contributed by atoms with van der Waals surface area (Å²) in [5.74, 6) is 0.843. The molecule has 4 heteroatoms. The van der Waals surface area contributed by atoms with Gasteiger partial charge >= 0.3 is 0 Å². The van der Waals surface area contributed by atoms with Crippen LogP contribution in [0.1, 0.15) is 30.1 Å². The summed E-state index contributed by atoms with van der Waals surface area (Å²) >= 11 is 0. The van der Waals surface area contributed by atoms with Gasteiger partial charge in [-0.3, -0.25) is 4.79 Å². The Bertz CT molecular complexity index is 567. The molecule has 0 saturated carbocycles. The maximum atomic E-state index is 12.5. The molecule has 2 aromatic rings. The van der Waals surface area contributed by atoms with E-state index in [-0.39, 0.29) is 5.91 Å². The minimum Gasteiger partial charge on any atom is -0.339 e. The number of nitrogens with zero attached hydrogens (tertiary/aromatic N) is 3. The Morgan fingerprint density at radius 1 is 1.33 bits per heavy atom. The quantitative estimate of drug-likeness (QED) is 0.770. The minimum atomic E-state index is 0.110. The van der Waals surface area contributed by atoms with Gasteiger partial charge in [-0.25, -0.2) is 4.98 Å². The second kappa shape index (κ2) is 4.44. The summed E-state index contributed by atoms with van der Waals surface area (Å²) in [6.07, 6.45) is 7.71. The highest BCUT2D eigenvalue weighted by Gasteiger charge is 2.23. The minimum absolute atomic E-state index is 0.110. The van der Waals surface area contributed by atoms with Crippen molar-refractivity contribution in [1.82, 2.24) is 14.3 Å². The van der Waals surface area contributed by atoms with E-state index in [1.807, 2.05) is 33.8 Å². The lowest BCUT2D eigenvalue weighted by atomic mass is 9.99. The molecule has 0 radical (unpaired) electrons. The van der Waals surface area contributed by atoms with Crippen molar-refractivity contribution in [3.63, 3.8) is 0 Å². The number of hydrogen-bond acceptors (Lipinski definition) is 2. The summed E-state index contributed by atoms with van der Waals surface area (Å²) in [6, 6.07) is 3.76. The average molecular weight is 243 g/mol. The van der Waals surface area contributed by atoms with Crippen LogP contribution in [0.15, 0.2) is 30.7 Å². The first-order valence-electron chi connectivity index (χ1n) is 6.46. The normalized spacial score (nSPS) is 17.3. The van der Waals surface area contributed by atoms with Crippen LogP contribution in [0.4, 0.5) is 0 Å². The zero-order valence-electron chi connectivity index (χ0n) is 10.5. The van der Waals surface area contributed by atoms with Crippen LogP contribution in [0, 0.1) is 5.92 Å². The summed E-state index contributed by atoms with van der Waals surface area (Å²) in [5, 5.41) is 0. The van der Waals surface area contributed by atoms with Crippen LogP contribution >= 0.6 is 0 Å².